The third kappa shape index (κ3) is 2.04. The molecule has 114 valence electrons. The van der Waals surface area contributed by atoms with Crippen LogP contribution in [0.4, 0.5) is 11.4 Å². The molecule has 0 radical (unpaired) electrons. The average Bonchev–Trinajstić information content (AvgIpc) is 2.74. The number of sulfonamides is 1. The summed E-state index contributed by atoms with van der Waals surface area (Å²) in [6.45, 7) is 0. The highest BCUT2D eigenvalue weighted by molar-refractivity contribution is 7.94. The lowest BCUT2D eigenvalue weighted by atomic mass is 10.1. The van der Waals surface area contributed by atoms with E-state index in [1.807, 2.05) is 0 Å². The number of non-ortho nitro benzene ring substituents is 1. The number of nitriles is 1. The lowest BCUT2D eigenvalue weighted by Gasteiger charge is -2.16. The molecule has 0 unspecified atom stereocenters. The summed E-state index contributed by atoms with van der Waals surface area (Å²) in [5.74, 6) is -0.800. The van der Waals surface area contributed by atoms with Gasteiger partial charge >= 0.3 is 0 Å². The number of benzene rings is 2. The summed E-state index contributed by atoms with van der Waals surface area (Å²) >= 11 is 0. The molecule has 2 aromatic rings. The van der Waals surface area contributed by atoms with Crippen LogP contribution in [0.15, 0.2) is 47.4 Å². The highest BCUT2D eigenvalue weighted by Gasteiger charge is 2.43. The molecular weight excluding hydrogens is 322 g/mol. The minimum Gasteiger partial charge on any atom is -0.268 e. The van der Waals surface area contributed by atoms with Crippen molar-refractivity contribution in [2.75, 3.05) is 4.31 Å². The number of fused-ring (bicyclic) bond motifs is 1. The Hall–Kier alpha value is -3.25. The Balaban J connectivity index is 2.24. The number of nitrogens with zero attached hydrogens (tertiary/aromatic N) is 3. The second kappa shape index (κ2) is 4.89. The first-order valence-corrected chi connectivity index (χ1v) is 7.69. The van der Waals surface area contributed by atoms with Crippen LogP contribution in [0.1, 0.15) is 15.9 Å². The first kappa shape index (κ1) is 14.7. The number of amides is 1. The maximum atomic E-state index is 12.5. The Kier molecular flexibility index (Phi) is 3.12. The van der Waals surface area contributed by atoms with Gasteiger partial charge in [-0.25, -0.2) is 8.42 Å². The Morgan fingerprint density at radius 1 is 1.17 bits per heavy atom. The minimum absolute atomic E-state index is 0.00487. The summed E-state index contributed by atoms with van der Waals surface area (Å²) in [5.41, 5.74) is -0.857. The Morgan fingerprint density at radius 2 is 1.87 bits per heavy atom. The third-order valence-corrected chi connectivity index (χ3v) is 5.11. The standard InChI is InChI=1S/C14H7N3O5S/c15-8-9-7-10(17(19)20)5-6-12(9)16-14(18)11-3-1-2-4-13(11)23(16,21)22/h1-7H. The normalized spacial score (nSPS) is 15.1. The first-order valence-electron chi connectivity index (χ1n) is 6.25. The van der Waals surface area contributed by atoms with Crippen LogP contribution >= 0.6 is 0 Å². The van der Waals surface area contributed by atoms with Gasteiger partial charge in [0.1, 0.15) is 11.0 Å². The van der Waals surface area contributed by atoms with Gasteiger partial charge in [0.15, 0.2) is 0 Å². The number of nitro benzene ring substituents is 1. The largest absolute Gasteiger partial charge is 0.273 e. The van der Waals surface area contributed by atoms with Crippen LogP contribution < -0.4 is 4.31 Å². The Labute approximate surface area is 130 Å². The first-order chi connectivity index (χ1) is 10.9. The van der Waals surface area contributed by atoms with E-state index in [-0.39, 0.29) is 27.4 Å². The third-order valence-electron chi connectivity index (χ3n) is 3.35. The van der Waals surface area contributed by atoms with Gasteiger partial charge in [-0.15, -0.1) is 0 Å². The highest BCUT2D eigenvalue weighted by Crippen LogP contribution is 2.36. The highest BCUT2D eigenvalue weighted by atomic mass is 32.2. The van der Waals surface area contributed by atoms with Crippen molar-refractivity contribution in [1.29, 1.82) is 5.26 Å². The fourth-order valence-corrected chi connectivity index (χ4v) is 3.94. The van der Waals surface area contributed by atoms with E-state index in [1.54, 1.807) is 6.07 Å². The molecule has 0 fully saturated rings. The molecule has 0 spiro atoms. The van der Waals surface area contributed by atoms with Gasteiger partial charge < -0.3 is 0 Å². The van der Waals surface area contributed by atoms with Crippen molar-refractivity contribution in [1.82, 2.24) is 0 Å². The van der Waals surface area contributed by atoms with Crippen molar-refractivity contribution in [3.05, 3.63) is 63.7 Å². The molecule has 1 aliphatic rings. The molecule has 1 aliphatic heterocycles. The van der Waals surface area contributed by atoms with Gasteiger partial charge in [-0.2, -0.15) is 9.57 Å². The number of anilines is 1. The van der Waals surface area contributed by atoms with Gasteiger partial charge in [-0.05, 0) is 18.2 Å². The van der Waals surface area contributed by atoms with Crippen LogP contribution in [0.3, 0.4) is 0 Å². The predicted molar refractivity (Wildman–Crippen MR) is 78.2 cm³/mol. The molecule has 0 atom stereocenters. The van der Waals surface area contributed by atoms with Crippen LogP contribution in [0, 0.1) is 21.4 Å². The van der Waals surface area contributed by atoms with Crippen LogP contribution in [-0.2, 0) is 10.0 Å². The molecular formula is C14H7N3O5S. The number of hydrogen-bond acceptors (Lipinski definition) is 6. The van der Waals surface area contributed by atoms with E-state index in [0.29, 0.717) is 4.31 Å². The lowest BCUT2D eigenvalue weighted by Crippen LogP contribution is -2.30. The SMILES string of the molecule is N#Cc1cc([N+](=O)[O-])ccc1N1C(=O)c2ccccc2S1(=O)=O. The van der Waals surface area contributed by atoms with E-state index < -0.39 is 20.9 Å². The maximum absolute atomic E-state index is 12.5. The van der Waals surface area contributed by atoms with Crippen molar-refractivity contribution in [2.24, 2.45) is 0 Å². The summed E-state index contributed by atoms with van der Waals surface area (Å²) < 4.78 is 25.6. The fourth-order valence-electron chi connectivity index (χ4n) is 2.33. The summed E-state index contributed by atoms with van der Waals surface area (Å²) in [7, 11) is -4.15. The van der Waals surface area contributed by atoms with E-state index in [4.69, 9.17) is 5.26 Å². The van der Waals surface area contributed by atoms with E-state index in [2.05, 4.69) is 0 Å². The summed E-state index contributed by atoms with van der Waals surface area (Å²) in [4.78, 5) is 22.3. The number of hydrogen-bond donors (Lipinski definition) is 0. The molecule has 0 N–H and O–H groups in total. The number of carbonyl (C=O) groups is 1. The molecule has 23 heavy (non-hydrogen) atoms. The topological polar surface area (TPSA) is 121 Å². The molecule has 8 nitrogen and oxygen atoms in total. The van der Waals surface area contributed by atoms with E-state index in [9.17, 15) is 23.3 Å². The zero-order valence-corrected chi connectivity index (χ0v) is 12.1. The number of nitro groups is 1. The quantitative estimate of drug-likeness (QED) is 0.612. The van der Waals surface area contributed by atoms with Crippen molar-refractivity contribution < 1.29 is 18.1 Å². The fraction of sp³-hybridized carbons (Fsp3) is 0. The number of rotatable bonds is 2. The molecule has 2 aromatic carbocycles. The van der Waals surface area contributed by atoms with Crippen molar-refractivity contribution in [3.63, 3.8) is 0 Å². The van der Waals surface area contributed by atoms with Crippen LogP contribution in [-0.4, -0.2) is 19.2 Å². The van der Waals surface area contributed by atoms with E-state index >= 15 is 0 Å². The lowest BCUT2D eigenvalue weighted by molar-refractivity contribution is -0.384. The van der Waals surface area contributed by atoms with Gasteiger partial charge in [-0.1, -0.05) is 12.1 Å². The Morgan fingerprint density at radius 3 is 2.48 bits per heavy atom. The smallest absolute Gasteiger partial charge is 0.268 e. The molecule has 3 rings (SSSR count). The van der Waals surface area contributed by atoms with Crippen molar-refractivity contribution >= 4 is 27.3 Å². The van der Waals surface area contributed by atoms with Gasteiger partial charge in [0.25, 0.3) is 21.6 Å². The van der Waals surface area contributed by atoms with Crippen molar-refractivity contribution in [3.8, 4) is 6.07 Å². The van der Waals surface area contributed by atoms with Crippen LogP contribution in [0.25, 0.3) is 0 Å². The van der Waals surface area contributed by atoms with E-state index in [0.717, 1.165) is 18.2 Å². The molecule has 0 saturated carbocycles. The second-order valence-corrected chi connectivity index (χ2v) is 6.40. The van der Waals surface area contributed by atoms with Gasteiger partial charge in [-0.3, -0.25) is 14.9 Å². The zero-order chi connectivity index (χ0) is 16.8. The van der Waals surface area contributed by atoms with Crippen LogP contribution in [0.2, 0.25) is 0 Å². The number of carbonyl (C=O) groups excluding carboxylic acids is 1. The molecule has 0 bridgehead atoms. The van der Waals surface area contributed by atoms with E-state index in [1.165, 1.54) is 24.3 Å². The molecule has 1 amide bonds. The zero-order valence-electron chi connectivity index (χ0n) is 11.3. The predicted octanol–water partition coefficient (Wildman–Crippen LogP) is 1.82. The van der Waals surface area contributed by atoms with Gasteiger partial charge in [0.05, 0.1) is 21.7 Å². The van der Waals surface area contributed by atoms with Crippen LogP contribution in [0.5, 0.6) is 0 Å². The average molecular weight is 329 g/mol. The minimum atomic E-state index is -4.15. The summed E-state index contributed by atoms with van der Waals surface area (Å²) in [6.07, 6.45) is 0. The molecule has 0 aliphatic carbocycles. The maximum Gasteiger partial charge on any atom is 0.273 e. The summed E-state index contributed by atoms with van der Waals surface area (Å²) in [5, 5.41) is 19.9. The molecule has 0 saturated heterocycles. The Bertz CT molecular complexity index is 1010. The van der Waals surface area contributed by atoms with Gasteiger partial charge in [0.2, 0.25) is 0 Å². The molecule has 0 aromatic heterocycles. The van der Waals surface area contributed by atoms with Gasteiger partial charge in [0, 0.05) is 12.1 Å². The van der Waals surface area contributed by atoms with Crippen molar-refractivity contribution in [2.45, 2.75) is 4.90 Å². The molecule has 1 heterocycles. The molecule has 9 heteroatoms. The monoisotopic (exact) mass is 329 g/mol. The second-order valence-electron chi connectivity index (χ2n) is 4.64. The summed E-state index contributed by atoms with van der Waals surface area (Å²) in [6, 6.07) is 10.4.